The van der Waals surface area contributed by atoms with Gasteiger partial charge >= 0.3 is 5.69 Å². The fraction of sp³-hybridized carbons (Fsp3) is 0.308. The number of hydrogen-bond donors (Lipinski definition) is 1. The number of nitrogens with one attached hydrogen (secondary N) is 1. The van der Waals surface area contributed by atoms with Gasteiger partial charge in [-0.2, -0.15) is 0 Å². The van der Waals surface area contributed by atoms with Gasteiger partial charge in [-0.25, -0.2) is 9.89 Å². The number of rotatable bonds is 6. The lowest BCUT2D eigenvalue weighted by molar-refractivity contribution is -0.116. The first-order chi connectivity index (χ1) is 9.20. The van der Waals surface area contributed by atoms with Crippen molar-refractivity contribution < 1.29 is 4.79 Å². The van der Waals surface area contributed by atoms with Gasteiger partial charge in [0.15, 0.2) is 5.16 Å². The van der Waals surface area contributed by atoms with E-state index >= 15 is 0 Å². The maximum Gasteiger partial charge on any atom is 0.343 e. The lowest BCUT2D eigenvalue weighted by atomic mass is 10.1. The largest absolute Gasteiger partial charge is 0.343 e. The van der Waals surface area contributed by atoms with Crippen LogP contribution in [0.4, 0.5) is 0 Å². The van der Waals surface area contributed by atoms with Crippen LogP contribution in [0.5, 0.6) is 0 Å². The molecule has 0 unspecified atom stereocenters. The van der Waals surface area contributed by atoms with Gasteiger partial charge in [-0.3, -0.25) is 9.36 Å². The summed E-state index contributed by atoms with van der Waals surface area (Å²) in [7, 11) is 0. The van der Waals surface area contributed by atoms with E-state index in [0.717, 1.165) is 5.56 Å². The fourth-order valence-electron chi connectivity index (χ4n) is 1.71. The topological polar surface area (TPSA) is 67.8 Å². The van der Waals surface area contributed by atoms with Crippen molar-refractivity contribution >= 4 is 17.5 Å². The second kappa shape index (κ2) is 6.38. The maximum absolute atomic E-state index is 11.8. The molecule has 0 saturated carbocycles. The minimum atomic E-state index is -0.236. The van der Waals surface area contributed by atoms with E-state index in [1.807, 2.05) is 37.3 Å². The highest BCUT2D eigenvalue weighted by Gasteiger charge is 2.10. The Labute approximate surface area is 115 Å². The van der Waals surface area contributed by atoms with Gasteiger partial charge in [-0.1, -0.05) is 42.1 Å². The summed E-state index contributed by atoms with van der Waals surface area (Å²) in [6.45, 7) is 2.41. The zero-order valence-corrected chi connectivity index (χ0v) is 11.4. The highest BCUT2D eigenvalue weighted by molar-refractivity contribution is 7.99. The Morgan fingerprint density at radius 3 is 2.79 bits per heavy atom. The number of thioether (sulfide) groups is 1. The third kappa shape index (κ3) is 3.57. The average molecular weight is 277 g/mol. The molecule has 0 amide bonds. The molecule has 1 aromatic carbocycles. The summed E-state index contributed by atoms with van der Waals surface area (Å²) in [6, 6.07) is 9.61. The minimum Gasteiger partial charge on any atom is -0.298 e. The molecule has 0 atom stereocenters. The van der Waals surface area contributed by atoms with Crippen molar-refractivity contribution in [3.63, 3.8) is 0 Å². The molecule has 0 spiro atoms. The Hall–Kier alpha value is -1.82. The lowest BCUT2D eigenvalue weighted by Crippen LogP contribution is -2.16. The molecule has 6 heteroatoms. The molecule has 0 bridgehead atoms. The number of aromatic amines is 1. The van der Waals surface area contributed by atoms with Gasteiger partial charge in [-0.05, 0) is 12.5 Å². The van der Waals surface area contributed by atoms with Crippen LogP contribution in [0.2, 0.25) is 0 Å². The van der Waals surface area contributed by atoms with Crippen LogP contribution in [0.3, 0.4) is 0 Å². The van der Waals surface area contributed by atoms with Crippen molar-refractivity contribution in [3.05, 3.63) is 46.4 Å². The van der Waals surface area contributed by atoms with E-state index in [4.69, 9.17) is 0 Å². The number of ketones is 1. The predicted octanol–water partition coefficient (Wildman–Crippen LogP) is 1.50. The van der Waals surface area contributed by atoms with Gasteiger partial charge in [0.05, 0.1) is 5.75 Å². The normalized spacial score (nSPS) is 10.6. The summed E-state index contributed by atoms with van der Waals surface area (Å²) in [4.78, 5) is 23.2. The average Bonchev–Trinajstić information content (AvgIpc) is 2.78. The highest BCUT2D eigenvalue weighted by Crippen LogP contribution is 2.14. The number of nitrogens with zero attached hydrogens (tertiary/aromatic N) is 2. The summed E-state index contributed by atoms with van der Waals surface area (Å²) in [5.74, 6) is 0.438. The minimum absolute atomic E-state index is 0.120. The first kappa shape index (κ1) is 13.6. The molecule has 0 saturated heterocycles. The number of benzene rings is 1. The number of hydrogen-bond acceptors (Lipinski definition) is 4. The summed E-state index contributed by atoms with van der Waals surface area (Å²) in [6.07, 6.45) is 0.411. The molecule has 0 aliphatic carbocycles. The molecule has 5 nitrogen and oxygen atoms in total. The van der Waals surface area contributed by atoms with E-state index in [1.165, 1.54) is 16.3 Å². The second-order valence-electron chi connectivity index (χ2n) is 4.05. The Morgan fingerprint density at radius 2 is 2.11 bits per heavy atom. The maximum atomic E-state index is 11.8. The van der Waals surface area contributed by atoms with Crippen LogP contribution in [-0.4, -0.2) is 26.3 Å². The van der Waals surface area contributed by atoms with E-state index in [-0.39, 0.29) is 11.5 Å². The number of H-pyrrole nitrogens is 1. The molecule has 1 N–H and O–H groups in total. The van der Waals surface area contributed by atoms with Crippen molar-refractivity contribution in [2.75, 3.05) is 5.75 Å². The van der Waals surface area contributed by atoms with Crippen LogP contribution in [0.15, 0.2) is 40.3 Å². The third-order valence-electron chi connectivity index (χ3n) is 2.65. The molecule has 100 valence electrons. The van der Waals surface area contributed by atoms with Gasteiger partial charge in [-0.15, -0.1) is 5.10 Å². The Balaban J connectivity index is 1.92. The van der Waals surface area contributed by atoms with E-state index in [1.54, 1.807) is 0 Å². The van der Waals surface area contributed by atoms with Gasteiger partial charge in [0.2, 0.25) is 0 Å². The van der Waals surface area contributed by atoms with E-state index in [0.29, 0.717) is 23.9 Å². The third-order valence-corrected chi connectivity index (χ3v) is 3.68. The molecule has 0 fully saturated rings. The molecule has 1 heterocycles. The van der Waals surface area contributed by atoms with Crippen LogP contribution >= 0.6 is 11.8 Å². The second-order valence-corrected chi connectivity index (χ2v) is 4.99. The van der Waals surface area contributed by atoms with Crippen molar-refractivity contribution in [1.82, 2.24) is 14.8 Å². The Morgan fingerprint density at radius 1 is 1.37 bits per heavy atom. The molecule has 19 heavy (non-hydrogen) atoms. The van der Waals surface area contributed by atoms with Crippen LogP contribution in [0.25, 0.3) is 0 Å². The summed E-state index contributed by atoms with van der Waals surface area (Å²) in [5, 5.41) is 6.85. The summed E-state index contributed by atoms with van der Waals surface area (Å²) < 4.78 is 1.51. The van der Waals surface area contributed by atoms with Gasteiger partial charge in [0.25, 0.3) is 0 Å². The monoisotopic (exact) mass is 277 g/mol. The predicted molar refractivity (Wildman–Crippen MR) is 74.4 cm³/mol. The van der Waals surface area contributed by atoms with Gasteiger partial charge in [0, 0.05) is 13.0 Å². The van der Waals surface area contributed by atoms with Crippen LogP contribution in [0.1, 0.15) is 12.5 Å². The van der Waals surface area contributed by atoms with Gasteiger partial charge < -0.3 is 0 Å². The molecule has 0 radical (unpaired) electrons. The van der Waals surface area contributed by atoms with Crippen molar-refractivity contribution in [2.24, 2.45) is 0 Å². The zero-order chi connectivity index (χ0) is 13.7. The standard InChI is InChI=1S/C13H15N3O2S/c1-2-16-12(18)14-15-13(16)19-9-11(17)8-10-6-4-3-5-7-10/h3-7H,2,8-9H2,1H3,(H,14,18). The SMILES string of the molecule is CCn1c(SCC(=O)Cc2ccccc2)n[nH]c1=O. The zero-order valence-electron chi connectivity index (χ0n) is 10.6. The smallest absolute Gasteiger partial charge is 0.298 e. The first-order valence-corrected chi connectivity index (χ1v) is 7.03. The first-order valence-electron chi connectivity index (χ1n) is 6.04. The van der Waals surface area contributed by atoms with Crippen molar-refractivity contribution in [2.45, 2.75) is 25.0 Å². The molecule has 0 aliphatic heterocycles. The van der Waals surface area contributed by atoms with Crippen molar-refractivity contribution in [3.8, 4) is 0 Å². The van der Waals surface area contributed by atoms with Crippen LogP contribution < -0.4 is 5.69 Å². The highest BCUT2D eigenvalue weighted by atomic mass is 32.2. The number of aromatic nitrogens is 3. The number of carbonyl (C=O) groups excluding carboxylic acids is 1. The lowest BCUT2D eigenvalue weighted by Gasteiger charge is -2.02. The number of carbonyl (C=O) groups is 1. The molecule has 0 aliphatic rings. The molecule has 2 aromatic rings. The Bertz CT molecular complexity index is 604. The van der Waals surface area contributed by atoms with Crippen LogP contribution in [0, 0.1) is 0 Å². The van der Waals surface area contributed by atoms with E-state index in [9.17, 15) is 9.59 Å². The summed E-state index contributed by atoms with van der Waals surface area (Å²) >= 11 is 1.29. The van der Waals surface area contributed by atoms with Crippen molar-refractivity contribution in [1.29, 1.82) is 0 Å². The fourth-order valence-corrected chi connectivity index (χ4v) is 2.58. The molecular weight excluding hydrogens is 262 g/mol. The molecular formula is C13H15N3O2S. The van der Waals surface area contributed by atoms with E-state index in [2.05, 4.69) is 10.2 Å². The van der Waals surface area contributed by atoms with E-state index < -0.39 is 0 Å². The molecule has 2 rings (SSSR count). The quantitative estimate of drug-likeness (QED) is 0.812. The Kier molecular flexibility index (Phi) is 4.57. The molecule has 1 aromatic heterocycles. The summed E-state index contributed by atoms with van der Waals surface area (Å²) in [5.41, 5.74) is 0.767. The van der Waals surface area contributed by atoms with Gasteiger partial charge in [0.1, 0.15) is 5.78 Å². The van der Waals surface area contributed by atoms with Crippen LogP contribution in [-0.2, 0) is 17.8 Å². The number of Topliss-reactive ketones (excluding diaryl/α,β-unsaturated/α-hetero) is 1.